The van der Waals surface area contributed by atoms with Crippen molar-refractivity contribution in [2.45, 2.75) is 25.7 Å². The van der Waals surface area contributed by atoms with E-state index in [2.05, 4.69) is 27.2 Å². The maximum atomic E-state index is 12.2. The highest BCUT2D eigenvalue weighted by Gasteiger charge is 2.38. The fourth-order valence-electron chi connectivity index (χ4n) is 2.86. The Hall–Kier alpha value is -3.08. The van der Waals surface area contributed by atoms with Crippen LogP contribution in [0.5, 0.6) is 5.75 Å². The Labute approximate surface area is 171 Å². The Bertz CT molecular complexity index is 879. The molecule has 1 aliphatic rings. The maximum Gasteiger partial charge on any atom is 0.490 e. The molecule has 2 aromatic rings. The number of aliphatic carboxylic acids is 1. The molecule has 1 amide bonds. The van der Waals surface area contributed by atoms with E-state index in [4.69, 9.17) is 14.6 Å². The highest BCUT2D eigenvalue weighted by Crippen LogP contribution is 2.23. The number of carboxylic acids is 1. The van der Waals surface area contributed by atoms with Crippen LogP contribution < -0.4 is 4.74 Å². The summed E-state index contributed by atoms with van der Waals surface area (Å²) in [5, 5.41) is 14.4. The molecule has 0 unspecified atom stereocenters. The Kier molecular flexibility index (Phi) is 7.43. The fraction of sp³-hybridized carbons (Fsp3) is 0.421. The molecule has 2 heterocycles. The van der Waals surface area contributed by atoms with Gasteiger partial charge >= 0.3 is 12.1 Å². The van der Waals surface area contributed by atoms with Crippen molar-refractivity contribution in [1.82, 2.24) is 20.0 Å². The third kappa shape index (κ3) is 5.96. The van der Waals surface area contributed by atoms with Crippen LogP contribution >= 0.6 is 0 Å². The summed E-state index contributed by atoms with van der Waals surface area (Å²) >= 11 is 0. The lowest BCUT2D eigenvalue weighted by molar-refractivity contribution is -0.192. The normalized spacial score (nSPS) is 13.7. The quantitative estimate of drug-likeness (QED) is 0.776. The first kappa shape index (κ1) is 23.2. The van der Waals surface area contributed by atoms with Gasteiger partial charge in [0.05, 0.1) is 7.11 Å². The van der Waals surface area contributed by atoms with Gasteiger partial charge in [-0.2, -0.15) is 18.3 Å². The van der Waals surface area contributed by atoms with Crippen LogP contribution in [-0.2, 0) is 24.3 Å². The van der Waals surface area contributed by atoms with E-state index >= 15 is 0 Å². The van der Waals surface area contributed by atoms with Crippen molar-refractivity contribution < 1.29 is 32.6 Å². The number of methoxy groups -OCH3 is 1. The van der Waals surface area contributed by atoms with Crippen LogP contribution in [0.15, 0.2) is 24.3 Å². The molecule has 3 rings (SSSR count). The highest BCUT2D eigenvalue weighted by atomic mass is 19.4. The summed E-state index contributed by atoms with van der Waals surface area (Å²) in [5.74, 6) is -1.94. The fourth-order valence-corrected chi connectivity index (χ4v) is 2.86. The van der Waals surface area contributed by atoms with Crippen molar-refractivity contribution in [3.63, 3.8) is 0 Å². The Morgan fingerprint density at radius 3 is 2.37 bits per heavy atom. The van der Waals surface area contributed by atoms with Crippen LogP contribution in [0.4, 0.5) is 13.2 Å². The topological polar surface area (TPSA) is 98.8 Å². The third-order valence-corrected chi connectivity index (χ3v) is 4.43. The molecule has 2 N–H and O–H groups in total. The molecule has 0 bridgehead atoms. The molecule has 0 saturated carbocycles. The second-order valence-electron chi connectivity index (χ2n) is 6.84. The number of halogens is 3. The molecule has 0 aliphatic carbocycles. The number of nitrogens with one attached hydrogen (secondary N) is 1. The summed E-state index contributed by atoms with van der Waals surface area (Å²) in [6.45, 7) is 2.55. The molecule has 30 heavy (non-hydrogen) atoms. The van der Waals surface area contributed by atoms with Crippen molar-refractivity contribution in [3.8, 4) is 5.75 Å². The van der Waals surface area contributed by atoms with E-state index in [1.165, 1.54) is 5.56 Å². The number of fused-ring (bicyclic) bond motifs is 1. The number of ether oxygens (including phenoxy) is 1. The second kappa shape index (κ2) is 9.61. The van der Waals surface area contributed by atoms with Gasteiger partial charge in [0.25, 0.3) is 5.91 Å². The Morgan fingerprint density at radius 2 is 1.87 bits per heavy atom. The summed E-state index contributed by atoms with van der Waals surface area (Å²) in [4.78, 5) is 25.0. The summed E-state index contributed by atoms with van der Waals surface area (Å²) < 4.78 is 36.9. The first-order chi connectivity index (χ1) is 14.0. The monoisotopic (exact) mass is 428 g/mol. The van der Waals surface area contributed by atoms with Crippen molar-refractivity contribution >= 4 is 11.9 Å². The predicted molar refractivity (Wildman–Crippen MR) is 101 cm³/mol. The molecule has 8 nitrogen and oxygen atoms in total. The molecule has 0 atom stereocenters. The van der Waals surface area contributed by atoms with E-state index in [1.54, 1.807) is 26.1 Å². The zero-order chi connectivity index (χ0) is 22.5. The summed E-state index contributed by atoms with van der Waals surface area (Å²) in [5.41, 5.74) is 3.90. The molecule has 11 heteroatoms. The number of carbonyl (C=O) groups excluding carboxylic acids is 1. The lowest BCUT2D eigenvalue weighted by Gasteiger charge is -2.27. The molecule has 1 aromatic carbocycles. The van der Waals surface area contributed by atoms with Gasteiger partial charge in [0.2, 0.25) is 0 Å². The number of carboxylic acid groups (broad SMARTS) is 1. The number of hydrogen-bond donors (Lipinski definition) is 2. The van der Waals surface area contributed by atoms with Crippen molar-refractivity contribution in [2.75, 3.05) is 27.7 Å². The minimum atomic E-state index is -5.08. The number of alkyl halides is 3. The third-order valence-electron chi connectivity index (χ3n) is 4.43. The van der Waals surface area contributed by atoms with Crippen LogP contribution in [0.3, 0.4) is 0 Å². The van der Waals surface area contributed by atoms with Crippen molar-refractivity contribution in [3.05, 3.63) is 46.8 Å². The van der Waals surface area contributed by atoms with Crippen LogP contribution in [0.1, 0.15) is 27.3 Å². The number of rotatable bonds is 4. The average Bonchev–Trinajstić information content (AvgIpc) is 3.10. The van der Waals surface area contributed by atoms with Crippen molar-refractivity contribution in [2.24, 2.45) is 0 Å². The largest absolute Gasteiger partial charge is 0.497 e. The number of carbonyl (C=O) groups is 2. The molecule has 1 aromatic heterocycles. The van der Waals surface area contributed by atoms with E-state index in [0.29, 0.717) is 5.69 Å². The predicted octanol–water partition coefficient (Wildman–Crippen LogP) is 2.31. The van der Waals surface area contributed by atoms with Crippen LogP contribution in [-0.4, -0.2) is 70.9 Å². The van der Waals surface area contributed by atoms with E-state index < -0.39 is 12.1 Å². The van der Waals surface area contributed by atoms with E-state index in [9.17, 15) is 18.0 Å². The SMILES string of the molecule is COc1ccc(CN2CCc3[nH]nc(C(=O)N(C)C)c3C2)cc1.O=C(O)C(F)(F)F. The van der Waals surface area contributed by atoms with E-state index in [0.717, 1.165) is 43.1 Å². The number of benzene rings is 1. The summed E-state index contributed by atoms with van der Waals surface area (Å²) in [6.07, 6.45) is -4.20. The minimum Gasteiger partial charge on any atom is -0.497 e. The van der Waals surface area contributed by atoms with Gasteiger partial charge in [-0.05, 0) is 17.7 Å². The zero-order valence-corrected chi connectivity index (χ0v) is 16.8. The molecule has 0 fully saturated rings. The molecular weight excluding hydrogens is 405 g/mol. The molecular formula is C19H23F3N4O4. The van der Waals surface area contributed by atoms with E-state index in [-0.39, 0.29) is 5.91 Å². The first-order valence-electron chi connectivity index (χ1n) is 8.96. The lowest BCUT2D eigenvalue weighted by Crippen LogP contribution is -2.31. The molecule has 1 aliphatic heterocycles. The van der Waals surface area contributed by atoms with E-state index in [1.807, 2.05) is 12.1 Å². The number of H-pyrrole nitrogens is 1. The Morgan fingerprint density at radius 1 is 1.27 bits per heavy atom. The van der Waals surface area contributed by atoms with Crippen LogP contribution in [0.25, 0.3) is 0 Å². The average molecular weight is 428 g/mol. The molecule has 0 spiro atoms. The van der Waals surface area contributed by atoms with Gasteiger partial charge in [0.1, 0.15) is 5.75 Å². The van der Waals surface area contributed by atoms with Gasteiger partial charge in [-0.3, -0.25) is 14.8 Å². The maximum absolute atomic E-state index is 12.2. The standard InChI is InChI=1S/C17H22N4O2.C2HF3O2/c1-20(2)17(22)16-14-11-21(9-8-15(14)18-19-16)10-12-4-6-13(23-3)7-5-12;3-2(4,5)1(6)7/h4-7H,8-11H2,1-3H3,(H,18,19);(H,6,7). The van der Waals surface area contributed by atoms with Gasteiger partial charge in [0.15, 0.2) is 5.69 Å². The number of hydrogen-bond acceptors (Lipinski definition) is 5. The number of nitrogens with zero attached hydrogens (tertiary/aromatic N) is 3. The molecule has 0 saturated heterocycles. The molecule has 164 valence electrons. The van der Waals surface area contributed by atoms with Gasteiger partial charge in [-0.15, -0.1) is 0 Å². The van der Waals surface area contributed by atoms with Gasteiger partial charge in [0, 0.05) is 51.4 Å². The number of amides is 1. The molecule has 0 radical (unpaired) electrons. The first-order valence-corrected chi connectivity index (χ1v) is 8.96. The van der Waals surface area contributed by atoms with Gasteiger partial charge in [-0.1, -0.05) is 12.1 Å². The van der Waals surface area contributed by atoms with Gasteiger partial charge in [-0.25, -0.2) is 4.79 Å². The smallest absolute Gasteiger partial charge is 0.490 e. The highest BCUT2D eigenvalue weighted by molar-refractivity contribution is 5.93. The van der Waals surface area contributed by atoms with Gasteiger partial charge < -0.3 is 14.7 Å². The lowest BCUT2D eigenvalue weighted by atomic mass is 10.0. The minimum absolute atomic E-state index is 0.0474. The van der Waals surface area contributed by atoms with Crippen LogP contribution in [0.2, 0.25) is 0 Å². The number of aromatic amines is 1. The summed E-state index contributed by atoms with van der Waals surface area (Å²) in [7, 11) is 5.17. The second-order valence-corrected chi connectivity index (χ2v) is 6.84. The zero-order valence-electron chi connectivity index (χ0n) is 16.8. The summed E-state index contributed by atoms with van der Waals surface area (Å²) in [6, 6.07) is 8.11. The van der Waals surface area contributed by atoms with Crippen LogP contribution in [0, 0.1) is 0 Å². The van der Waals surface area contributed by atoms with Crippen molar-refractivity contribution in [1.29, 1.82) is 0 Å². The number of aromatic nitrogens is 2. The Balaban J connectivity index is 0.000000396.